The van der Waals surface area contributed by atoms with E-state index in [2.05, 4.69) is 11.9 Å². The topological polar surface area (TPSA) is 34.5 Å². The quantitative estimate of drug-likeness (QED) is 0.706. The summed E-state index contributed by atoms with van der Waals surface area (Å²) in [6.45, 7) is 1.64. The van der Waals surface area contributed by atoms with Gasteiger partial charge in [0.05, 0.1) is 0 Å². The minimum absolute atomic E-state index is 0.0630. The molecule has 3 aromatic rings. The molecule has 138 valence electrons. The Morgan fingerprint density at radius 2 is 1.96 bits per heavy atom. The number of nitrogens with zero attached hydrogens (tertiary/aromatic N) is 2. The number of hydrogen-bond acceptors (Lipinski definition) is 3. The van der Waals surface area contributed by atoms with Gasteiger partial charge in [0.1, 0.15) is 17.7 Å². The van der Waals surface area contributed by atoms with Gasteiger partial charge in [0.15, 0.2) is 0 Å². The largest absolute Gasteiger partial charge is 0.486 e. The van der Waals surface area contributed by atoms with E-state index in [9.17, 15) is 9.18 Å². The summed E-state index contributed by atoms with van der Waals surface area (Å²) in [5.74, 6) is 0.219. The van der Waals surface area contributed by atoms with E-state index in [1.807, 2.05) is 24.3 Å². The number of fused-ring (bicyclic) bond motifs is 1. The third kappa shape index (κ3) is 3.78. The zero-order valence-electron chi connectivity index (χ0n) is 15.1. The molecule has 27 heavy (non-hydrogen) atoms. The minimum Gasteiger partial charge on any atom is -0.486 e. The molecule has 0 N–H and O–H groups in total. The van der Waals surface area contributed by atoms with Crippen molar-refractivity contribution < 1.29 is 9.13 Å². The molecule has 0 amide bonds. The van der Waals surface area contributed by atoms with Crippen LogP contribution in [0, 0.1) is 5.82 Å². The highest BCUT2D eigenvalue weighted by molar-refractivity contribution is 5.43. The number of ether oxygens (including phenoxy) is 1. The van der Waals surface area contributed by atoms with Gasteiger partial charge in [-0.05, 0) is 48.5 Å². The maximum absolute atomic E-state index is 13.5. The van der Waals surface area contributed by atoms with Gasteiger partial charge in [-0.3, -0.25) is 9.36 Å². The summed E-state index contributed by atoms with van der Waals surface area (Å²) in [6.07, 6.45) is 2.42. The molecule has 0 saturated heterocycles. The molecular weight excluding hydrogens is 343 g/mol. The molecule has 1 atom stereocenters. The molecule has 2 aromatic carbocycles. The van der Waals surface area contributed by atoms with Gasteiger partial charge < -0.3 is 9.64 Å². The van der Waals surface area contributed by atoms with Gasteiger partial charge in [-0.1, -0.05) is 18.2 Å². The smallest absolute Gasteiger partial charge is 0.255 e. The number of aromatic nitrogens is 1. The van der Waals surface area contributed by atoms with Gasteiger partial charge in [0.2, 0.25) is 0 Å². The lowest BCUT2D eigenvalue weighted by atomic mass is 10.0. The Bertz CT molecular complexity index is 1010. The highest BCUT2D eigenvalue weighted by Crippen LogP contribution is 2.32. The molecule has 0 bridgehead atoms. The summed E-state index contributed by atoms with van der Waals surface area (Å²) in [5.41, 5.74) is 2.96. The molecule has 1 aliphatic heterocycles. The molecule has 0 fully saturated rings. The molecule has 4 nitrogen and oxygen atoms in total. The van der Waals surface area contributed by atoms with Gasteiger partial charge in [-0.25, -0.2) is 4.39 Å². The summed E-state index contributed by atoms with van der Waals surface area (Å²) in [7, 11) is 2.07. The summed E-state index contributed by atoms with van der Waals surface area (Å²) in [4.78, 5) is 14.4. The zero-order chi connectivity index (χ0) is 18.8. The summed E-state index contributed by atoms with van der Waals surface area (Å²) < 4.78 is 21.3. The van der Waals surface area contributed by atoms with Crippen molar-refractivity contribution in [1.29, 1.82) is 0 Å². The fraction of sp³-hybridized carbons (Fsp3) is 0.227. The highest BCUT2D eigenvalue weighted by atomic mass is 19.1. The van der Waals surface area contributed by atoms with E-state index < -0.39 is 0 Å². The molecular formula is C22H21FN2O2. The van der Waals surface area contributed by atoms with E-state index in [-0.39, 0.29) is 17.5 Å². The Morgan fingerprint density at radius 1 is 1.07 bits per heavy atom. The first kappa shape index (κ1) is 17.5. The van der Waals surface area contributed by atoms with Gasteiger partial charge in [0, 0.05) is 43.5 Å². The fourth-order valence-corrected chi connectivity index (χ4v) is 3.52. The van der Waals surface area contributed by atoms with Crippen LogP contribution in [-0.2, 0) is 6.54 Å². The van der Waals surface area contributed by atoms with E-state index in [1.54, 1.807) is 35.0 Å². The first-order valence-corrected chi connectivity index (χ1v) is 9.02. The van der Waals surface area contributed by atoms with Crippen LogP contribution in [0.5, 0.6) is 5.75 Å². The van der Waals surface area contributed by atoms with Crippen molar-refractivity contribution in [2.24, 2.45) is 0 Å². The monoisotopic (exact) mass is 364 g/mol. The van der Waals surface area contributed by atoms with Crippen LogP contribution < -0.4 is 10.3 Å². The summed E-state index contributed by atoms with van der Waals surface area (Å²) in [5, 5.41) is 0. The number of hydrogen-bond donors (Lipinski definition) is 0. The van der Waals surface area contributed by atoms with E-state index in [1.165, 1.54) is 12.1 Å². The third-order valence-corrected chi connectivity index (χ3v) is 4.86. The van der Waals surface area contributed by atoms with Crippen molar-refractivity contribution in [3.05, 3.63) is 94.2 Å². The van der Waals surface area contributed by atoms with Gasteiger partial charge in [-0.2, -0.15) is 0 Å². The third-order valence-electron chi connectivity index (χ3n) is 4.86. The predicted molar refractivity (Wildman–Crippen MR) is 103 cm³/mol. The first-order chi connectivity index (χ1) is 13.1. The summed E-state index contributed by atoms with van der Waals surface area (Å²) in [6, 6.07) is 17.4. The lowest BCUT2D eigenvalue weighted by Crippen LogP contribution is -2.18. The Balaban J connectivity index is 1.72. The Labute approximate surface area is 157 Å². The van der Waals surface area contributed by atoms with Crippen molar-refractivity contribution in [2.75, 3.05) is 13.6 Å². The van der Waals surface area contributed by atoms with Crippen molar-refractivity contribution in [2.45, 2.75) is 19.1 Å². The van der Waals surface area contributed by atoms with Crippen molar-refractivity contribution in [3.63, 3.8) is 0 Å². The first-order valence-electron chi connectivity index (χ1n) is 9.02. The highest BCUT2D eigenvalue weighted by Gasteiger charge is 2.23. The average molecular weight is 364 g/mol. The molecule has 4 rings (SSSR count). The Kier molecular flexibility index (Phi) is 4.77. The van der Waals surface area contributed by atoms with Crippen LogP contribution in [0.1, 0.15) is 23.7 Å². The fourth-order valence-electron chi connectivity index (χ4n) is 3.52. The SMILES string of the molecule is CN1CCC(Oc2cccc(F)c2)c2ccc(-n3ccccc3=O)cc2C1. The maximum Gasteiger partial charge on any atom is 0.255 e. The van der Waals surface area contributed by atoms with Crippen LogP contribution in [0.4, 0.5) is 4.39 Å². The number of halogens is 1. The van der Waals surface area contributed by atoms with E-state index in [4.69, 9.17) is 4.74 Å². The molecule has 1 aliphatic rings. The number of rotatable bonds is 3. The lowest BCUT2D eigenvalue weighted by molar-refractivity contribution is 0.182. The maximum atomic E-state index is 13.5. The molecule has 1 aromatic heterocycles. The second-order valence-electron chi connectivity index (χ2n) is 6.88. The predicted octanol–water partition coefficient (Wildman–Crippen LogP) is 3.93. The van der Waals surface area contributed by atoms with Crippen LogP contribution in [0.15, 0.2) is 71.7 Å². The number of pyridine rings is 1. The van der Waals surface area contributed by atoms with Crippen LogP contribution in [0.25, 0.3) is 5.69 Å². The van der Waals surface area contributed by atoms with Crippen LogP contribution in [0.2, 0.25) is 0 Å². The van der Waals surface area contributed by atoms with E-state index in [0.717, 1.165) is 36.3 Å². The molecule has 0 spiro atoms. The standard InChI is InChI=1S/C22H21FN2O2/c1-24-12-10-21(27-19-6-4-5-17(23)14-19)20-9-8-18(13-16(20)15-24)25-11-3-2-7-22(25)26/h2-9,11,13-14,21H,10,12,15H2,1H3. The van der Waals surface area contributed by atoms with Crippen LogP contribution in [-0.4, -0.2) is 23.1 Å². The molecule has 2 heterocycles. The van der Waals surface area contributed by atoms with Crippen molar-refractivity contribution in [3.8, 4) is 11.4 Å². The van der Waals surface area contributed by atoms with Crippen LogP contribution >= 0.6 is 0 Å². The Morgan fingerprint density at radius 3 is 2.78 bits per heavy atom. The minimum atomic E-state index is -0.308. The van der Waals surface area contributed by atoms with Crippen LogP contribution in [0.3, 0.4) is 0 Å². The van der Waals surface area contributed by atoms with Gasteiger partial charge in [-0.15, -0.1) is 0 Å². The zero-order valence-corrected chi connectivity index (χ0v) is 15.1. The molecule has 5 heteroatoms. The van der Waals surface area contributed by atoms with Gasteiger partial charge >= 0.3 is 0 Å². The lowest BCUT2D eigenvalue weighted by Gasteiger charge is -2.20. The van der Waals surface area contributed by atoms with Crippen molar-refractivity contribution >= 4 is 0 Å². The normalized spacial score (nSPS) is 17.2. The van der Waals surface area contributed by atoms with Gasteiger partial charge in [0.25, 0.3) is 5.56 Å². The molecule has 1 unspecified atom stereocenters. The average Bonchev–Trinajstić information content (AvgIpc) is 2.80. The second-order valence-corrected chi connectivity index (χ2v) is 6.88. The number of benzene rings is 2. The second kappa shape index (κ2) is 7.37. The molecule has 0 aliphatic carbocycles. The molecule has 0 radical (unpaired) electrons. The van der Waals surface area contributed by atoms with E-state index >= 15 is 0 Å². The molecule has 0 saturated carbocycles. The van der Waals surface area contributed by atoms with E-state index in [0.29, 0.717) is 5.75 Å². The Hall–Kier alpha value is -2.92. The summed E-state index contributed by atoms with van der Waals surface area (Å²) >= 11 is 0. The van der Waals surface area contributed by atoms with Crippen molar-refractivity contribution in [1.82, 2.24) is 9.47 Å².